The molecule has 0 amide bonds. The van der Waals surface area contributed by atoms with Crippen LogP contribution in [0.25, 0.3) is 0 Å². The molecule has 0 aliphatic rings. The van der Waals surface area contributed by atoms with Crippen molar-refractivity contribution < 1.29 is 10.4 Å². The van der Waals surface area contributed by atoms with Gasteiger partial charge in [0.25, 0.3) is 0 Å². The second-order valence-corrected chi connectivity index (χ2v) is 6.56. The van der Waals surface area contributed by atoms with E-state index >= 15 is 0 Å². The molecular formula is C17H15ClN6O2S. The van der Waals surface area contributed by atoms with Gasteiger partial charge in [-0.1, -0.05) is 77.0 Å². The predicted octanol–water partition coefficient (Wildman–Crippen LogP) is 3.64. The fourth-order valence-electron chi connectivity index (χ4n) is 2.19. The van der Waals surface area contributed by atoms with Crippen LogP contribution in [0.1, 0.15) is 11.1 Å². The summed E-state index contributed by atoms with van der Waals surface area (Å²) in [5, 5.41) is 29.8. The number of amidine groups is 1. The normalized spacial score (nSPS) is 12.2. The molecule has 3 rings (SSSR count). The van der Waals surface area contributed by atoms with Gasteiger partial charge in [0.2, 0.25) is 11.1 Å². The zero-order valence-corrected chi connectivity index (χ0v) is 15.4. The molecule has 0 fully saturated rings. The lowest BCUT2D eigenvalue weighted by Gasteiger charge is -2.06. The Balaban J connectivity index is 1.75. The van der Waals surface area contributed by atoms with Gasteiger partial charge >= 0.3 is 0 Å². The minimum absolute atomic E-state index is 0.0553. The van der Waals surface area contributed by atoms with Crippen LogP contribution >= 0.6 is 23.4 Å². The van der Waals surface area contributed by atoms with E-state index in [9.17, 15) is 10.4 Å². The number of oxime groups is 1. The van der Waals surface area contributed by atoms with E-state index in [4.69, 9.17) is 11.6 Å². The van der Waals surface area contributed by atoms with E-state index in [-0.39, 0.29) is 17.5 Å². The average Bonchev–Trinajstić information content (AvgIpc) is 3.15. The van der Waals surface area contributed by atoms with Crippen molar-refractivity contribution in [3.63, 3.8) is 0 Å². The molecule has 10 heteroatoms. The lowest BCUT2D eigenvalue weighted by Crippen LogP contribution is -2.29. The summed E-state index contributed by atoms with van der Waals surface area (Å²) in [6.45, 7) is 0. The first-order valence-corrected chi connectivity index (χ1v) is 9.13. The van der Waals surface area contributed by atoms with Crippen LogP contribution in [0.3, 0.4) is 0 Å². The van der Waals surface area contributed by atoms with Gasteiger partial charge in [-0.05, 0) is 11.6 Å². The second-order valence-electron chi connectivity index (χ2n) is 5.21. The van der Waals surface area contributed by atoms with Crippen molar-refractivity contribution in [2.24, 2.45) is 10.1 Å². The van der Waals surface area contributed by atoms with Gasteiger partial charge in [-0.15, -0.1) is 5.10 Å². The molecule has 27 heavy (non-hydrogen) atoms. The van der Waals surface area contributed by atoms with Crippen LogP contribution in [-0.2, 0) is 5.75 Å². The fourth-order valence-corrected chi connectivity index (χ4v) is 3.26. The van der Waals surface area contributed by atoms with Crippen molar-refractivity contribution in [3.05, 3.63) is 70.7 Å². The Labute approximate surface area is 164 Å². The maximum Gasteiger partial charge on any atom is 0.248 e. The van der Waals surface area contributed by atoms with Gasteiger partial charge in [0.15, 0.2) is 11.5 Å². The zero-order valence-electron chi connectivity index (χ0n) is 13.9. The van der Waals surface area contributed by atoms with Crippen molar-refractivity contribution in [1.82, 2.24) is 20.7 Å². The zero-order chi connectivity index (χ0) is 19.1. The highest BCUT2D eigenvalue weighted by Gasteiger charge is 2.14. The fraction of sp³-hybridized carbons (Fsp3) is 0.0588. The number of aliphatic imine (C=N–C) groups is 1. The molecule has 0 saturated carbocycles. The molecule has 8 nitrogen and oxygen atoms in total. The summed E-state index contributed by atoms with van der Waals surface area (Å²) in [7, 11) is 0. The van der Waals surface area contributed by atoms with Gasteiger partial charge in [-0.3, -0.25) is 10.7 Å². The van der Waals surface area contributed by atoms with Gasteiger partial charge in [-0.25, -0.2) is 5.10 Å². The number of nitrogens with zero attached hydrogens (tertiary/aromatic N) is 4. The predicted molar refractivity (Wildman–Crippen MR) is 104 cm³/mol. The number of thioether (sulfide) groups is 1. The number of aromatic nitrogens is 3. The van der Waals surface area contributed by atoms with Crippen LogP contribution in [0.5, 0.6) is 0 Å². The summed E-state index contributed by atoms with van der Waals surface area (Å²) in [5.74, 6) is 0.659. The topological polar surface area (TPSA) is 119 Å². The summed E-state index contributed by atoms with van der Waals surface area (Å²) in [4.78, 5) is 8.35. The first-order valence-electron chi connectivity index (χ1n) is 7.76. The van der Waals surface area contributed by atoms with Crippen LogP contribution in [-0.4, -0.2) is 37.1 Å². The molecule has 1 heterocycles. The lowest BCUT2D eigenvalue weighted by molar-refractivity contribution is 0.236. The Hall–Kier alpha value is -2.88. The molecule has 0 aliphatic heterocycles. The molecule has 0 radical (unpaired) electrons. The molecule has 3 aromatic rings. The number of H-pyrrole nitrogens is 1. The van der Waals surface area contributed by atoms with Crippen molar-refractivity contribution in [2.75, 3.05) is 0 Å². The molecule has 0 saturated heterocycles. The standard InChI is InChI=1S/C17H15ClN6O2S/c18-13-9-5-4-8-12(13)10-27-17-20-16(21-22-17)19-15(24-26)14(23-25)11-6-2-1-3-7-11/h1-9,25-26H,10H2,(H2,19,20,21,22,24)/b23-14-. The van der Waals surface area contributed by atoms with E-state index in [1.807, 2.05) is 35.8 Å². The van der Waals surface area contributed by atoms with E-state index in [0.29, 0.717) is 21.5 Å². The number of aromatic amines is 1. The molecule has 4 N–H and O–H groups in total. The van der Waals surface area contributed by atoms with Crippen LogP contribution in [0.4, 0.5) is 5.95 Å². The summed E-state index contributed by atoms with van der Waals surface area (Å²) < 4.78 is 0. The first-order chi connectivity index (χ1) is 13.2. The minimum atomic E-state index is -0.0810. The Morgan fingerprint density at radius 2 is 1.89 bits per heavy atom. The van der Waals surface area contributed by atoms with Gasteiger partial charge in [0.1, 0.15) is 0 Å². The van der Waals surface area contributed by atoms with E-state index < -0.39 is 0 Å². The molecular weight excluding hydrogens is 388 g/mol. The number of hydrogen-bond acceptors (Lipinski definition) is 7. The van der Waals surface area contributed by atoms with Crippen LogP contribution in [0, 0.1) is 0 Å². The number of halogens is 1. The maximum absolute atomic E-state index is 9.38. The molecule has 0 spiro atoms. The van der Waals surface area contributed by atoms with Crippen molar-refractivity contribution in [3.8, 4) is 0 Å². The van der Waals surface area contributed by atoms with Crippen LogP contribution < -0.4 is 5.48 Å². The number of hydrogen-bond donors (Lipinski definition) is 4. The van der Waals surface area contributed by atoms with E-state index in [2.05, 4.69) is 25.3 Å². The maximum atomic E-state index is 9.38. The SMILES string of the molecule is O/N=C(\C(=N\c1nc(SCc2ccccc2Cl)n[nH]1)NO)c1ccccc1. The van der Waals surface area contributed by atoms with Gasteiger partial charge in [0.05, 0.1) is 0 Å². The highest BCUT2D eigenvalue weighted by molar-refractivity contribution is 7.98. The van der Waals surface area contributed by atoms with Crippen molar-refractivity contribution in [2.45, 2.75) is 10.9 Å². The first kappa shape index (κ1) is 18.9. The largest absolute Gasteiger partial charge is 0.410 e. The smallest absolute Gasteiger partial charge is 0.248 e. The minimum Gasteiger partial charge on any atom is -0.410 e. The van der Waals surface area contributed by atoms with Crippen molar-refractivity contribution >= 4 is 40.9 Å². The number of rotatable bonds is 6. The summed E-state index contributed by atoms with van der Waals surface area (Å²) in [5.41, 5.74) is 3.51. The van der Waals surface area contributed by atoms with Crippen molar-refractivity contribution in [1.29, 1.82) is 0 Å². The molecule has 2 aromatic carbocycles. The molecule has 1 aromatic heterocycles. The molecule has 138 valence electrons. The summed E-state index contributed by atoms with van der Waals surface area (Å²) >= 11 is 7.52. The summed E-state index contributed by atoms with van der Waals surface area (Å²) in [6.07, 6.45) is 0. The third-order valence-corrected chi connectivity index (χ3v) is 4.73. The quantitative estimate of drug-likeness (QED) is 0.164. The van der Waals surface area contributed by atoms with E-state index in [1.54, 1.807) is 24.3 Å². The Morgan fingerprint density at radius 3 is 2.59 bits per heavy atom. The van der Waals surface area contributed by atoms with E-state index in [1.165, 1.54) is 11.8 Å². The second kappa shape index (κ2) is 9.17. The van der Waals surface area contributed by atoms with Gasteiger partial charge in [-0.2, -0.15) is 9.98 Å². The number of nitrogens with one attached hydrogen (secondary N) is 2. The molecule has 0 atom stereocenters. The Morgan fingerprint density at radius 1 is 1.15 bits per heavy atom. The Kier molecular flexibility index (Phi) is 6.42. The highest BCUT2D eigenvalue weighted by Crippen LogP contribution is 2.25. The summed E-state index contributed by atoms with van der Waals surface area (Å²) in [6, 6.07) is 16.3. The number of hydroxylamine groups is 1. The lowest BCUT2D eigenvalue weighted by atomic mass is 10.1. The molecule has 0 aliphatic carbocycles. The third kappa shape index (κ3) is 4.85. The van der Waals surface area contributed by atoms with Crippen LogP contribution in [0.15, 0.2) is 69.9 Å². The van der Waals surface area contributed by atoms with Crippen LogP contribution in [0.2, 0.25) is 5.02 Å². The number of benzene rings is 2. The van der Waals surface area contributed by atoms with Gasteiger partial charge in [0, 0.05) is 16.3 Å². The molecule has 0 bridgehead atoms. The average molecular weight is 403 g/mol. The highest BCUT2D eigenvalue weighted by atomic mass is 35.5. The van der Waals surface area contributed by atoms with Gasteiger partial charge < -0.3 is 5.21 Å². The third-order valence-electron chi connectivity index (χ3n) is 3.46. The molecule has 0 unspecified atom stereocenters. The monoisotopic (exact) mass is 402 g/mol. The van der Waals surface area contributed by atoms with E-state index in [0.717, 1.165) is 5.56 Å². The Bertz CT molecular complexity index is 961.